The Morgan fingerprint density at radius 3 is 2.61 bits per heavy atom. The van der Waals surface area contributed by atoms with Crippen LogP contribution in [0, 0.1) is 0 Å². The minimum absolute atomic E-state index is 0.755. The zero-order chi connectivity index (χ0) is 25.6. The zero-order valence-electron chi connectivity index (χ0n) is 21.3. The summed E-state index contributed by atoms with van der Waals surface area (Å²) < 4.78 is 11.9. The van der Waals surface area contributed by atoms with Crippen LogP contribution in [0.15, 0.2) is 84.7 Å². The molecule has 3 aliphatic rings. The minimum Gasteiger partial charge on any atom is -0.497 e. The van der Waals surface area contributed by atoms with Crippen molar-refractivity contribution in [1.82, 2.24) is 24.3 Å². The van der Waals surface area contributed by atoms with Gasteiger partial charge in [-0.2, -0.15) is 0 Å². The van der Waals surface area contributed by atoms with E-state index in [4.69, 9.17) is 10.5 Å². The fourth-order valence-corrected chi connectivity index (χ4v) is 5.58. The Balaban J connectivity index is 1.34. The molecule has 38 heavy (non-hydrogen) atoms. The summed E-state index contributed by atoms with van der Waals surface area (Å²) in [6.45, 7) is 2.15. The molecule has 0 bridgehead atoms. The molecule has 1 saturated heterocycles. The molecule has 3 aliphatic heterocycles. The maximum Gasteiger partial charge on any atom is 0.553 e. The number of benzene rings is 2. The molecule has 1 radical (unpaired) electrons. The molecule has 187 valence electrons. The number of nitrogen functional groups attached to an aromatic ring is 1. The van der Waals surface area contributed by atoms with Crippen LogP contribution in [0.25, 0.3) is 22.6 Å². The van der Waals surface area contributed by atoms with E-state index in [2.05, 4.69) is 68.1 Å². The number of hydrogen-bond donors (Lipinski definition) is 1. The van der Waals surface area contributed by atoms with Crippen LogP contribution < -0.4 is 10.5 Å². The molecule has 9 heteroatoms. The number of allylic oxidation sites excluding steroid dienone is 1. The number of hydrogen-bond acceptors (Lipinski definition) is 4. The molecule has 7 rings (SSSR count). The van der Waals surface area contributed by atoms with E-state index in [0.717, 1.165) is 58.4 Å². The molecule has 2 N–H and O–H groups in total. The predicted octanol–water partition coefficient (Wildman–Crippen LogP) is 3.95. The van der Waals surface area contributed by atoms with Gasteiger partial charge in [0.25, 0.3) is 5.84 Å². The number of anilines is 1. The van der Waals surface area contributed by atoms with E-state index >= 15 is 0 Å². The molecule has 5 heterocycles. The molecule has 0 saturated carbocycles. The van der Waals surface area contributed by atoms with Crippen molar-refractivity contribution in [2.75, 3.05) is 25.9 Å². The maximum atomic E-state index is 6.04. The molecule has 0 atom stereocenters. The molecule has 0 unspecified atom stereocenters. The normalized spacial score (nSPS) is 16.5. The second kappa shape index (κ2) is 9.10. The highest BCUT2D eigenvalue weighted by molar-refractivity contribution is 6.40. The largest absolute Gasteiger partial charge is 0.553 e. The van der Waals surface area contributed by atoms with E-state index in [1.807, 2.05) is 47.3 Å². The summed E-state index contributed by atoms with van der Waals surface area (Å²) >= 11 is 0. The van der Waals surface area contributed by atoms with Crippen LogP contribution in [-0.4, -0.2) is 62.4 Å². The van der Waals surface area contributed by atoms with Gasteiger partial charge in [-0.05, 0) is 67.3 Å². The third kappa shape index (κ3) is 3.73. The van der Waals surface area contributed by atoms with Gasteiger partial charge in [-0.1, -0.05) is 29.5 Å². The van der Waals surface area contributed by atoms with Crippen molar-refractivity contribution in [3.8, 4) is 22.8 Å². The number of nitrogens with two attached hydrogens (primary N) is 1. The SMILES string of the molecule is COc1cccc(-c2cn(-c3ccc4n3[B]N3C(=C4c4ccc(N)cc4)C=CC3=[N+]3CCCCC3)nn2)c1. The van der Waals surface area contributed by atoms with Crippen molar-refractivity contribution in [1.29, 1.82) is 0 Å². The highest BCUT2D eigenvalue weighted by atomic mass is 16.5. The summed E-state index contributed by atoms with van der Waals surface area (Å²) in [6.07, 6.45) is 10.2. The van der Waals surface area contributed by atoms with Crippen LogP contribution in [-0.2, 0) is 0 Å². The summed E-state index contributed by atoms with van der Waals surface area (Å²) in [6, 6.07) is 20.2. The maximum absolute atomic E-state index is 6.04. The summed E-state index contributed by atoms with van der Waals surface area (Å²) in [5, 5.41) is 8.98. The van der Waals surface area contributed by atoms with E-state index in [-0.39, 0.29) is 0 Å². The summed E-state index contributed by atoms with van der Waals surface area (Å²) in [5.41, 5.74) is 13.1. The highest BCUT2D eigenvalue weighted by Crippen LogP contribution is 2.37. The number of piperidine rings is 1. The third-order valence-corrected chi connectivity index (χ3v) is 7.51. The average molecular weight is 501 g/mol. The number of amidine groups is 1. The molecule has 0 amide bonds. The van der Waals surface area contributed by atoms with Gasteiger partial charge in [-0.15, -0.1) is 5.10 Å². The molecule has 1 fully saturated rings. The van der Waals surface area contributed by atoms with Crippen molar-refractivity contribution in [3.63, 3.8) is 0 Å². The Bertz CT molecular complexity index is 1620. The van der Waals surface area contributed by atoms with Crippen LogP contribution in [0.3, 0.4) is 0 Å². The van der Waals surface area contributed by atoms with Crippen LogP contribution in [0.1, 0.15) is 30.5 Å². The zero-order valence-corrected chi connectivity index (χ0v) is 21.3. The minimum atomic E-state index is 0.755. The first kappa shape index (κ1) is 22.7. The Labute approximate surface area is 222 Å². The lowest BCUT2D eigenvalue weighted by molar-refractivity contribution is -0.539. The lowest BCUT2D eigenvalue weighted by Gasteiger charge is -2.27. The van der Waals surface area contributed by atoms with E-state index in [0.29, 0.717) is 0 Å². The lowest BCUT2D eigenvalue weighted by Crippen LogP contribution is -2.43. The Hall–Kier alpha value is -4.53. The van der Waals surface area contributed by atoms with Crippen molar-refractivity contribution >= 4 is 24.6 Å². The Kier molecular flexibility index (Phi) is 5.42. The van der Waals surface area contributed by atoms with Crippen molar-refractivity contribution in [3.05, 3.63) is 96.0 Å². The van der Waals surface area contributed by atoms with E-state index < -0.39 is 0 Å². The standard InChI is InChI=1S/C29H27BN7O/c1-38-23-7-5-6-21(18-23)24-19-35(33-32-24)28-15-13-26-29(20-8-10-22(31)11-9-20)25-12-14-27(36(25)30-37(26)28)34-16-3-2-4-17-34/h5-15,18-19,31H,2-4,16-17H2,1H3/p+1. The molecule has 0 spiro atoms. The fourth-order valence-electron chi connectivity index (χ4n) is 5.58. The number of rotatable bonds is 4. The van der Waals surface area contributed by atoms with Crippen LogP contribution >= 0.6 is 0 Å². The Morgan fingerprint density at radius 1 is 0.947 bits per heavy atom. The van der Waals surface area contributed by atoms with E-state index in [1.54, 1.807) is 7.11 Å². The van der Waals surface area contributed by atoms with Crippen LogP contribution in [0.2, 0.25) is 0 Å². The number of nitrogens with zero attached hydrogens (tertiary/aromatic N) is 6. The monoisotopic (exact) mass is 501 g/mol. The number of ether oxygens (including phenoxy) is 1. The predicted molar refractivity (Wildman–Crippen MR) is 149 cm³/mol. The molecular formula is C29H28BN7O+. The smallest absolute Gasteiger partial charge is 0.497 e. The first-order chi connectivity index (χ1) is 18.7. The average Bonchev–Trinajstić information content (AvgIpc) is 3.71. The molecule has 2 aromatic heterocycles. The van der Waals surface area contributed by atoms with Gasteiger partial charge >= 0.3 is 7.55 Å². The molecular weight excluding hydrogens is 473 g/mol. The molecule has 0 aliphatic carbocycles. The van der Waals surface area contributed by atoms with E-state index in [1.165, 1.54) is 30.8 Å². The van der Waals surface area contributed by atoms with Crippen LogP contribution in [0.4, 0.5) is 5.69 Å². The topological polar surface area (TPSA) is 77.1 Å². The van der Waals surface area contributed by atoms with Crippen molar-refractivity contribution in [2.45, 2.75) is 19.3 Å². The van der Waals surface area contributed by atoms with Gasteiger partial charge < -0.3 is 14.9 Å². The third-order valence-electron chi connectivity index (χ3n) is 7.51. The Morgan fingerprint density at radius 2 is 1.79 bits per heavy atom. The first-order valence-electron chi connectivity index (χ1n) is 13.0. The summed E-state index contributed by atoms with van der Waals surface area (Å²) in [7, 11) is 3.85. The van der Waals surface area contributed by atoms with Crippen LogP contribution in [0.5, 0.6) is 5.75 Å². The highest BCUT2D eigenvalue weighted by Gasteiger charge is 2.40. The van der Waals surface area contributed by atoms with Crippen molar-refractivity contribution < 1.29 is 9.31 Å². The number of aromatic nitrogens is 4. The molecule has 4 aromatic rings. The summed E-state index contributed by atoms with van der Waals surface area (Å²) in [5.74, 6) is 2.92. The second-order valence-electron chi connectivity index (χ2n) is 9.83. The number of methoxy groups -OCH3 is 1. The molecule has 8 nitrogen and oxygen atoms in total. The van der Waals surface area contributed by atoms with E-state index in [9.17, 15) is 0 Å². The van der Waals surface area contributed by atoms with Gasteiger partial charge in [0.15, 0.2) is 0 Å². The van der Waals surface area contributed by atoms with Gasteiger partial charge in [0.2, 0.25) is 0 Å². The number of fused-ring (bicyclic) bond motifs is 2. The van der Waals surface area contributed by atoms with Gasteiger partial charge in [0, 0.05) is 28.6 Å². The van der Waals surface area contributed by atoms with Crippen molar-refractivity contribution in [2.24, 2.45) is 0 Å². The molecule has 2 aromatic carbocycles. The van der Waals surface area contributed by atoms with Gasteiger partial charge in [0.05, 0.1) is 26.4 Å². The van der Waals surface area contributed by atoms with Gasteiger partial charge in [0.1, 0.15) is 23.0 Å². The second-order valence-corrected chi connectivity index (χ2v) is 9.83. The lowest BCUT2D eigenvalue weighted by atomic mass is 9.91. The first-order valence-corrected chi connectivity index (χ1v) is 13.0. The fraction of sp³-hybridized carbons (Fsp3) is 0.207. The summed E-state index contributed by atoms with van der Waals surface area (Å²) in [4.78, 5) is 2.31. The van der Waals surface area contributed by atoms with Gasteiger partial charge in [-0.3, -0.25) is 9.39 Å². The van der Waals surface area contributed by atoms with Gasteiger partial charge in [-0.25, -0.2) is 4.68 Å². The quantitative estimate of drug-likeness (QED) is 0.260.